The summed E-state index contributed by atoms with van der Waals surface area (Å²) < 4.78 is 2.23. The van der Waals surface area contributed by atoms with E-state index in [0.717, 1.165) is 25.4 Å². The second-order valence-electron chi connectivity index (χ2n) is 5.54. The van der Waals surface area contributed by atoms with E-state index in [2.05, 4.69) is 33.9 Å². The van der Waals surface area contributed by atoms with Gasteiger partial charge in [-0.05, 0) is 44.2 Å². The van der Waals surface area contributed by atoms with Crippen LogP contribution < -0.4 is 5.32 Å². The molecule has 1 atom stereocenters. The van der Waals surface area contributed by atoms with E-state index < -0.39 is 0 Å². The molecule has 1 fully saturated rings. The average Bonchev–Trinajstić information content (AvgIpc) is 2.55. The standard InChI is InChI=1S/C13H24N4/c1-11(2)9-17-10-15-16-13(17)8-12-4-3-6-14-7-5-12/h10-12,14H,3-9H2,1-2H3. The van der Waals surface area contributed by atoms with Crippen LogP contribution in [0.3, 0.4) is 0 Å². The van der Waals surface area contributed by atoms with Gasteiger partial charge in [-0.2, -0.15) is 0 Å². The predicted molar refractivity (Wildman–Crippen MR) is 68.8 cm³/mol. The van der Waals surface area contributed by atoms with Crippen LogP contribution >= 0.6 is 0 Å². The first-order valence-electron chi connectivity index (χ1n) is 6.83. The molecule has 4 nitrogen and oxygen atoms in total. The largest absolute Gasteiger partial charge is 0.317 e. The summed E-state index contributed by atoms with van der Waals surface area (Å²) in [5.74, 6) is 2.60. The lowest BCUT2D eigenvalue weighted by Gasteiger charge is -2.14. The van der Waals surface area contributed by atoms with Crippen molar-refractivity contribution in [2.24, 2.45) is 11.8 Å². The maximum absolute atomic E-state index is 4.29. The van der Waals surface area contributed by atoms with Crippen molar-refractivity contribution >= 4 is 0 Å². The Hall–Kier alpha value is -0.900. The Bertz CT molecular complexity index is 324. The van der Waals surface area contributed by atoms with Crippen LogP contribution in [0.2, 0.25) is 0 Å². The molecule has 0 aliphatic carbocycles. The fraction of sp³-hybridized carbons (Fsp3) is 0.846. The van der Waals surface area contributed by atoms with Crippen LogP contribution in [-0.4, -0.2) is 27.9 Å². The van der Waals surface area contributed by atoms with Gasteiger partial charge in [-0.15, -0.1) is 10.2 Å². The zero-order chi connectivity index (χ0) is 12.1. The van der Waals surface area contributed by atoms with Crippen molar-refractivity contribution in [1.82, 2.24) is 20.1 Å². The summed E-state index contributed by atoms with van der Waals surface area (Å²) in [7, 11) is 0. The third kappa shape index (κ3) is 3.80. The van der Waals surface area contributed by atoms with Gasteiger partial charge >= 0.3 is 0 Å². The van der Waals surface area contributed by atoms with Crippen molar-refractivity contribution < 1.29 is 0 Å². The van der Waals surface area contributed by atoms with E-state index in [1.54, 1.807) is 0 Å². The Morgan fingerprint density at radius 2 is 2.29 bits per heavy atom. The van der Waals surface area contributed by atoms with E-state index in [9.17, 15) is 0 Å². The summed E-state index contributed by atoms with van der Waals surface area (Å²) in [6.45, 7) is 7.84. The fourth-order valence-electron chi connectivity index (χ4n) is 2.54. The van der Waals surface area contributed by atoms with E-state index >= 15 is 0 Å². The first-order valence-corrected chi connectivity index (χ1v) is 6.83. The van der Waals surface area contributed by atoms with E-state index in [0.29, 0.717) is 5.92 Å². The van der Waals surface area contributed by atoms with Crippen molar-refractivity contribution in [2.45, 2.75) is 46.1 Å². The Morgan fingerprint density at radius 3 is 3.12 bits per heavy atom. The Labute approximate surface area is 104 Å². The molecule has 0 saturated carbocycles. The summed E-state index contributed by atoms with van der Waals surface area (Å²) >= 11 is 0. The smallest absolute Gasteiger partial charge is 0.133 e. The molecule has 1 aliphatic rings. The maximum Gasteiger partial charge on any atom is 0.133 e. The molecule has 0 radical (unpaired) electrons. The minimum absolute atomic E-state index is 0.653. The summed E-state index contributed by atoms with van der Waals surface area (Å²) in [5.41, 5.74) is 0. The van der Waals surface area contributed by atoms with Crippen LogP contribution in [0.4, 0.5) is 0 Å². The van der Waals surface area contributed by atoms with Crippen molar-refractivity contribution in [3.8, 4) is 0 Å². The number of hydrogen-bond acceptors (Lipinski definition) is 3. The highest BCUT2D eigenvalue weighted by Crippen LogP contribution is 2.18. The van der Waals surface area contributed by atoms with Gasteiger partial charge in [0.1, 0.15) is 12.2 Å². The molecule has 1 aliphatic heterocycles. The highest BCUT2D eigenvalue weighted by Gasteiger charge is 2.16. The molecule has 1 saturated heterocycles. The first-order chi connectivity index (χ1) is 8.25. The minimum Gasteiger partial charge on any atom is -0.317 e. The van der Waals surface area contributed by atoms with Gasteiger partial charge in [-0.1, -0.05) is 13.8 Å². The zero-order valence-corrected chi connectivity index (χ0v) is 11.0. The Balaban J connectivity index is 1.94. The van der Waals surface area contributed by atoms with Crippen LogP contribution in [-0.2, 0) is 13.0 Å². The lowest BCUT2D eigenvalue weighted by Crippen LogP contribution is -2.16. The molecule has 1 N–H and O–H groups in total. The van der Waals surface area contributed by atoms with Gasteiger partial charge in [0.05, 0.1) is 0 Å². The van der Waals surface area contributed by atoms with E-state index in [1.165, 1.54) is 31.6 Å². The summed E-state index contributed by atoms with van der Waals surface area (Å²) in [6.07, 6.45) is 6.86. The monoisotopic (exact) mass is 236 g/mol. The summed E-state index contributed by atoms with van der Waals surface area (Å²) in [5, 5.41) is 11.8. The van der Waals surface area contributed by atoms with Crippen molar-refractivity contribution in [2.75, 3.05) is 13.1 Å². The first kappa shape index (κ1) is 12.6. The van der Waals surface area contributed by atoms with E-state index in [-0.39, 0.29) is 0 Å². The van der Waals surface area contributed by atoms with Crippen LogP contribution in [0.5, 0.6) is 0 Å². The highest BCUT2D eigenvalue weighted by atomic mass is 15.3. The van der Waals surface area contributed by atoms with Crippen LogP contribution in [0.1, 0.15) is 38.9 Å². The normalized spacial score (nSPS) is 21.7. The van der Waals surface area contributed by atoms with Gasteiger partial charge in [-0.3, -0.25) is 0 Å². The molecule has 1 aromatic rings. The fourth-order valence-corrected chi connectivity index (χ4v) is 2.54. The van der Waals surface area contributed by atoms with Crippen molar-refractivity contribution in [1.29, 1.82) is 0 Å². The summed E-state index contributed by atoms with van der Waals surface area (Å²) in [6, 6.07) is 0. The van der Waals surface area contributed by atoms with E-state index in [1.807, 2.05) is 6.33 Å². The molecular formula is C13H24N4. The van der Waals surface area contributed by atoms with Gasteiger partial charge in [0.15, 0.2) is 0 Å². The average molecular weight is 236 g/mol. The molecule has 2 rings (SSSR count). The molecule has 0 aromatic carbocycles. The second-order valence-corrected chi connectivity index (χ2v) is 5.54. The topological polar surface area (TPSA) is 42.7 Å². The van der Waals surface area contributed by atoms with Crippen molar-refractivity contribution in [3.05, 3.63) is 12.2 Å². The summed E-state index contributed by atoms with van der Waals surface area (Å²) in [4.78, 5) is 0. The van der Waals surface area contributed by atoms with Gasteiger partial charge in [0.2, 0.25) is 0 Å². The van der Waals surface area contributed by atoms with E-state index in [4.69, 9.17) is 0 Å². The SMILES string of the molecule is CC(C)Cn1cnnc1CC1CCCNCC1. The molecule has 17 heavy (non-hydrogen) atoms. The molecule has 0 spiro atoms. The molecule has 0 bridgehead atoms. The highest BCUT2D eigenvalue weighted by molar-refractivity contribution is 4.89. The predicted octanol–water partition coefficient (Wildman–Crippen LogP) is 1.87. The quantitative estimate of drug-likeness (QED) is 0.868. The molecule has 2 heterocycles. The molecule has 1 aromatic heterocycles. The third-order valence-corrected chi connectivity index (χ3v) is 3.42. The molecule has 4 heteroatoms. The molecule has 96 valence electrons. The molecule has 0 amide bonds. The molecule has 1 unspecified atom stereocenters. The number of nitrogens with zero attached hydrogens (tertiary/aromatic N) is 3. The minimum atomic E-state index is 0.653. The number of aromatic nitrogens is 3. The maximum atomic E-state index is 4.29. The van der Waals surface area contributed by atoms with Crippen LogP contribution in [0.15, 0.2) is 6.33 Å². The Kier molecular flexibility index (Phi) is 4.54. The number of nitrogens with one attached hydrogen (secondary N) is 1. The van der Waals surface area contributed by atoms with Crippen molar-refractivity contribution in [3.63, 3.8) is 0 Å². The van der Waals surface area contributed by atoms with Crippen LogP contribution in [0, 0.1) is 11.8 Å². The Morgan fingerprint density at radius 1 is 1.41 bits per heavy atom. The van der Waals surface area contributed by atoms with Gasteiger partial charge in [0.25, 0.3) is 0 Å². The van der Waals surface area contributed by atoms with Crippen LogP contribution in [0.25, 0.3) is 0 Å². The van der Waals surface area contributed by atoms with Gasteiger partial charge in [0, 0.05) is 13.0 Å². The zero-order valence-electron chi connectivity index (χ0n) is 11.0. The number of hydrogen-bond donors (Lipinski definition) is 1. The second kappa shape index (κ2) is 6.15. The van der Waals surface area contributed by atoms with Gasteiger partial charge < -0.3 is 9.88 Å². The van der Waals surface area contributed by atoms with Gasteiger partial charge in [-0.25, -0.2) is 0 Å². The lowest BCUT2D eigenvalue weighted by atomic mass is 9.96. The number of rotatable bonds is 4. The lowest BCUT2D eigenvalue weighted by molar-refractivity contribution is 0.434. The molecular weight excluding hydrogens is 212 g/mol. The third-order valence-electron chi connectivity index (χ3n) is 3.42.